The second-order valence-electron chi connectivity index (χ2n) is 10.7. The molecule has 2 aliphatic heterocycles. The zero-order valence-corrected chi connectivity index (χ0v) is 22.9. The molecule has 3 heterocycles. The molecule has 10 heteroatoms. The molecule has 7 nitrogen and oxygen atoms in total. The van der Waals surface area contributed by atoms with Crippen molar-refractivity contribution < 1.29 is 22.7 Å². The Morgan fingerprint density at radius 3 is 2.41 bits per heavy atom. The van der Waals surface area contributed by atoms with Crippen molar-refractivity contribution in [2.75, 3.05) is 25.0 Å². The van der Waals surface area contributed by atoms with Crippen LogP contribution in [0.1, 0.15) is 39.9 Å². The number of halogens is 3. The summed E-state index contributed by atoms with van der Waals surface area (Å²) in [5.74, 6) is 0.0201. The summed E-state index contributed by atoms with van der Waals surface area (Å²) in [4.78, 5) is 17.5. The molecule has 1 saturated heterocycles. The van der Waals surface area contributed by atoms with Crippen LogP contribution in [0.4, 0.5) is 18.9 Å². The second kappa shape index (κ2) is 10.8. The van der Waals surface area contributed by atoms with Crippen LogP contribution >= 0.6 is 0 Å². The number of hydrogen-bond donors (Lipinski definition) is 0. The van der Waals surface area contributed by atoms with E-state index in [2.05, 4.69) is 15.1 Å². The normalized spacial score (nSPS) is 16.4. The molecule has 6 rings (SSSR count). The Hall–Kier alpha value is -4.02. The van der Waals surface area contributed by atoms with Gasteiger partial charge in [-0.15, -0.1) is 10.2 Å². The maximum atomic E-state index is 14.4. The number of aromatic nitrogens is 3. The van der Waals surface area contributed by atoms with Gasteiger partial charge < -0.3 is 19.1 Å². The molecule has 212 valence electrons. The molecule has 3 aromatic carbocycles. The number of hydrogen-bond acceptors (Lipinski definition) is 5. The van der Waals surface area contributed by atoms with Gasteiger partial charge in [0.25, 0.3) is 5.91 Å². The van der Waals surface area contributed by atoms with Gasteiger partial charge in [-0.2, -0.15) is 13.2 Å². The summed E-state index contributed by atoms with van der Waals surface area (Å²) in [5.41, 5.74) is 2.35. The molecule has 2 aliphatic rings. The molecule has 4 aromatic rings. The third kappa shape index (κ3) is 5.25. The van der Waals surface area contributed by atoms with Gasteiger partial charge in [-0.3, -0.25) is 4.79 Å². The molecule has 0 spiro atoms. The third-order valence-corrected chi connectivity index (χ3v) is 7.91. The van der Waals surface area contributed by atoms with Crippen LogP contribution in [0.3, 0.4) is 0 Å². The molecule has 0 bridgehead atoms. The average molecular weight is 562 g/mol. The zero-order chi connectivity index (χ0) is 28.7. The molecule has 0 radical (unpaired) electrons. The third-order valence-electron chi connectivity index (χ3n) is 7.91. The number of anilines is 1. The minimum atomic E-state index is -4.62. The first-order valence-electron chi connectivity index (χ1n) is 13.6. The lowest BCUT2D eigenvalue weighted by Crippen LogP contribution is -2.34. The Morgan fingerprint density at radius 1 is 0.976 bits per heavy atom. The molecule has 0 aliphatic carbocycles. The molecule has 0 atom stereocenters. The summed E-state index contributed by atoms with van der Waals surface area (Å²) in [7, 11) is 3.83. The minimum absolute atomic E-state index is 0.0179. The second-order valence-corrected chi connectivity index (χ2v) is 10.7. The molecule has 1 amide bonds. The quantitative estimate of drug-likeness (QED) is 0.292. The standard InChI is InChI=1S/C31H30F3N5O2/c1-37-13-11-22(12-14-37)41-18-20-15-24-25(26(16-20)31(32,33)34)17-39(30(24)40)27-10-6-9-23(21-7-4-3-5-8-21)28(27)29-36-35-19-38(29)2/h3-10,15-16,19,22H,11-14,17-18H2,1-2H3. The number of carbonyl (C=O) groups excluding carboxylic acids is 1. The fourth-order valence-electron chi connectivity index (χ4n) is 5.73. The average Bonchev–Trinajstić information content (AvgIpc) is 3.54. The largest absolute Gasteiger partial charge is 0.416 e. The summed E-state index contributed by atoms with van der Waals surface area (Å²) in [5, 5.41) is 8.32. The summed E-state index contributed by atoms with van der Waals surface area (Å²) >= 11 is 0. The Labute approximate surface area is 236 Å². The van der Waals surface area contributed by atoms with E-state index in [0.717, 1.165) is 43.1 Å². The van der Waals surface area contributed by atoms with E-state index in [0.29, 0.717) is 22.6 Å². The van der Waals surface area contributed by atoms with Crippen LogP contribution in [0.25, 0.3) is 22.5 Å². The van der Waals surface area contributed by atoms with Crippen molar-refractivity contribution in [3.8, 4) is 22.5 Å². The Balaban J connectivity index is 1.40. The van der Waals surface area contributed by atoms with Gasteiger partial charge in [0.2, 0.25) is 0 Å². The van der Waals surface area contributed by atoms with Gasteiger partial charge in [0.05, 0.1) is 36.1 Å². The van der Waals surface area contributed by atoms with E-state index in [-0.39, 0.29) is 30.4 Å². The van der Waals surface area contributed by atoms with Gasteiger partial charge in [0, 0.05) is 25.7 Å². The molecule has 0 unspecified atom stereocenters. The van der Waals surface area contributed by atoms with Gasteiger partial charge in [-0.1, -0.05) is 42.5 Å². The smallest absolute Gasteiger partial charge is 0.373 e. The van der Waals surface area contributed by atoms with Crippen LogP contribution < -0.4 is 4.90 Å². The summed E-state index contributed by atoms with van der Waals surface area (Å²) in [6.45, 7) is 1.58. The number of carbonyl (C=O) groups is 1. The van der Waals surface area contributed by atoms with E-state index in [1.165, 1.54) is 4.90 Å². The molecular formula is C31H30F3N5O2. The Kier molecular flexibility index (Phi) is 7.13. The van der Waals surface area contributed by atoms with Crippen molar-refractivity contribution in [1.82, 2.24) is 19.7 Å². The van der Waals surface area contributed by atoms with Gasteiger partial charge in [0.1, 0.15) is 6.33 Å². The fraction of sp³-hybridized carbons (Fsp3) is 0.323. The highest BCUT2D eigenvalue weighted by atomic mass is 19.4. The van der Waals surface area contributed by atoms with Crippen LogP contribution in [0.15, 0.2) is 67.0 Å². The SMILES string of the molecule is CN1CCC(OCc2cc3c(c(C(F)(F)F)c2)CN(c2cccc(-c4ccccc4)c2-c2nncn2C)C3=O)CC1. The van der Waals surface area contributed by atoms with Gasteiger partial charge in [-0.25, -0.2) is 0 Å². The van der Waals surface area contributed by atoms with Crippen molar-refractivity contribution >= 4 is 11.6 Å². The summed E-state index contributed by atoms with van der Waals surface area (Å²) in [6.07, 6.45) is -1.44. The predicted molar refractivity (Wildman–Crippen MR) is 149 cm³/mol. The van der Waals surface area contributed by atoms with Crippen LogP contribution in [-0.2, 0) is 31.1 Å². The van der Waals surface area contributed by atoms with E-state index in [9.17, 15) is 18.0 Å². The molecular weight excluding hydrogens is 531 g/mol. The van der Waals surface area contributed by atoms with Gasteiger partial charge >= 0.3 is 6.18 Å². The minimum Gasteiger partial charge on any atom is -0.373 e. The maximum Gasteiger partial charge on any atom is 0.416 e. The summed E-state index contributed by atoms with van der Waals surface area (Å²) < 4.78 is 50.8. The highest BCUT2D eigenvalue weighted by molar-refractivity contribution is 6.13. The first-order valence-corrected chi connectivity index (χ1v) is 13.6. The fourth-order valence-corrected chi connectivity index (χ4v) is 5.73. The number of nitrogens with zero attached hydrogens (tertiary/aromatic N) is 5. The van der Waals surface area contributed by atoms with E-state index >= 15 is 0 Å². The molecule has 41 heavy (non-hydrogen) atoms. The molecule has 1 aromatic heterocycles. The van der Waals surface area contributed by atoms with Crippen molar-refractivity contribution in [3.05, 3.63) is 89.2 Å². The van der Waals surface area contributed by atoms with Crippen molar-refractivity contribution in [2.45, 2.75) is 38.3 Å². The zero-order valence-electron chi connectivity index (χ0n) is 22.9. The van der Waals surface area contributed by atoms with Crippen molar-refractivity contribution in [1.29, 1.82) is 0 Å². The monoisotopic (exact) mass is 561 g/mol. The van der Waals surface area contributed by atoms with E-state index in [4.69, 9.17) is 4.74 Å². The van der Waals surface area contributed by atoms with Crippen LogP contribution in [0, 0.1) is 0 Å². The topological polar surface area (TPSA) is 63.5 Å². The van der Waals surface area contributed by atoms with Crippen LogP contribution in [0.2, 0.25) is 0 Å². The lowest BCUT2D eigenvalue weighted by molar-refractivity contribution is -0.138. The number of fused-ring (bicyclic) bond motifs is 1. The van der Waals surface area contributed by atoms with Gasteiger partial charge in [-0.05, 0) is 60.3 Å². The lowest BCUT2D eigenvalue weighted by Gasteiger charge is -2.29. The predicted octanol–water partition coefficient (Wildman–Crippen LogP) is 5.94. The number of alkyl halides is 3. The maximum absolute atomic E-state index is 14.4. The molecule has 0 N–H and O–H groups in total. The Bertz CT molecular complexity index is 1580. The van der Waals surface area contributed by atoms with Crippen molar-refractivity contribution in [2.24, 2.45) is 7.05 Å². The van der Waals surface area contributed by atoms with E-state index in [1.807, 2.05) is 43.4 Å². The van der Waals surface area contributed by atoms with Gasteiger partial charge in [0.15, 0.2) is 5.82 Å². The number of ether oxygens (including phenoxy) is 1. The first-order chi connectivity index (χ1) is 19.7. The number of piperidine rings is 1. The highest BCUT2D eigenvalue weighted by Gasteiger charge is 2.41. The van der Waals surface area contributed by atoms with E-state index < -0.39 is 17.6 Å². The first kappa shape index (κ1) is 27.2. The number of likely N-dealkylation sites (tertiary alicyclic amines) is 1. The van der Waals surface area contributed by atoms with Crippen LogP contribution in [0.5, 0.6) is 0 Å². The number of benzene rings is 3. The lowest BCUT2D eigenvalue weighted by atomic mass is 9.97. The van der Waals surface area contributed by atoms with Crippen molar-refractivity contribution in [3.63, 3.8) is 0 Å². The Morgan fingerprint density at radius 2 is 1.73 bits per heavy atom. The number of amides is 1. The van der Waals surface area contributed by atoms with Crippen LogP contribution in [-0.4, -0.2) is 51.8 Å². The molecule has 1 fully saturated rings. The molecule has 0 saturated carbocycles. The summed E-state index contributed by atoms with van der Waals surface area (Å²) in [6, 6.07) is 17.8. The number of aryl methyl sites for hydroxylation is 1. The number of rotatable bonds is 6. The highest BCUT2D eigenvalue weighted by Crippen LogP contribution is 2.44. The van der Waals surface area contributed by atoms with E-state index in [1.54, 1.807) is 36.1 Å².